The van der Waals surface area contributed by atoms with E-state index in [0.29, 0.717) is 5.65 Å². The minimum absolute atomic E-state index is 0.0363. The number of benzene rings is 1. The number of carbonyl (C=O) groups excluding carboxylic acids is 1. The van der Waals surface area contributed by atoms with Crippen molar-refractivity contribution in [3.8, 4) is 0 Å². The van der Waals surface area contributed by atoms with Gasteiger partial charge >= 0.3 is 0 Å². The number of halogens is 2. The molecule has 1 aromatic carbocycles. The fourth-order valence-electron chi connectivity index (χ4n) is 2.09. The SMILES string of the molecule is O=C(NCc1ccc(F)cc1)c1cnc2cc(I)ccn2c1=O. The maximum atomic E-state index is 12.8. The van der Waals surface area contributed by atoms with E-state index < -0.39 is 11.5 Å². The normalized spacial score (nSPS) is 10.7. The maximum Gasteiger partial charge on any atom is 0.270 e. The Morgan fingerprint density at radius 1 is 1.26 bits per heavy atom. The summed E-state index contributed by atoms with van der Waals surface area (Å²) in [5, 5.41) is 2.64. The zero-order chi connectivity index (χ0) is 16.4. The average molecular weight is 423 g/mol. The number of nitrogens with one attached hydrogen (secondary N) is 1. The molecule has 0 aliphatic carbocycles. The lowest BCUT2D eigenvalue weighted by molar-refractivity contribution is 0.0949. The van der Waals surface area contributed by atoms with Crippen LogP contribution in [0.5, 0.6) is 0 Å². The van der Waals surface area contributed by atoms with E-state index in [0.717, 1.165) is 9.13 Å². The van der Waals surface area contributed by atoms with Gasteiger partial charge in [0.15, 0.2) is 0 Å². The highest BCUT2D eigenvalue weighted by Gasteiger charge is 2.13. The molecular weight excluding hydrogens is 412 g/mol. The molecule has 0 spiro atoms. The first-order valence-electron chi connectivity index (χ1n) is 6.74. The molecular formula is C16H11FIN3O2. The predicted molar refractivity (Wildman–Crippen MR) is 91.7 cm³/mol. The van der Waals surface area contributed by atoms with Gasteiger partial charge in [-0.05, 0) is 52.4 Å². The van der Waals surface area contributed by atoms with Gasteiger partial charge in [0.25, 0.3) is 11.5 Å². The van der Waals surface area contributed by atoms with E-state index in [9.17, 15) is 14.0 Å². The van der Waals surface area contributed by atoms with Crippen molar-refractivity contribution in [2.45, 2.75) is 6.54 Å². The average Bonchev–Trinajstić information content (AvgIpc) is 2.54. The highest BCUT2D eigenvalue weighted by atomic mass is 127. The topological polar surface area (TPSA) is 63.5 Å². The Labute approximate surface area is 144 Å². The van der Waals surface area contributed by atoms with Gasteiger partial charge in [-0.3, -0.25) is 14.0 Å². The van der Waals surface area contributed by atoms with Crippen molar-refractivity contribution in [2.75, 3.05) is 0 Å². The van der Waals surface area contributed by atoms with Crippen LogP contribution < -0.4 is 10.9 Å². The van der Waals surface area contributed by atoms with Crippen molar-refractivity contribution in [2.24, 2.45) is 0 Å². The van der Waals surface area contributed by atoms with Gasteiger partial charge in [0.2, 0.25) is 0 Å². The van der Waals surface area contributed by atoms with Crippen LogP contribution in [0.15, 0.2) is 53.6 Å². The lowest BCUT2D eigenvalue weighted by atomic mass is 10.2. The smallest absolute Gasteiger partial charge is 0.270 e. The second kappa shape index (κ2) is 6.45. The molecule has 0 atom stereocenters. The number of fused-ring (bicyclic) bond motifs is 1. The predicted octanol–water partition coefficient (Wildman–Crippen LogP) is 2.37. The summed E-state index contributed by atoms with van der Waals surface area (Å²) in [6, 6.07) is 9.29. The highest BCUT2D eigenvalue weighted by molar-refractivity contribution is 14.1. The van der Waals surface area contributed by atoms with Gasteiger partial charge in [-0.25, -0.2) is 9.37 Å². The summed E-state index contributed by atoms with van der Waals surface area (Å²) >= 11 is 2.12. The van der Waals surface area contributed by atoms with Crippen LogP contribution in [0.3, 0.4) is 0 Å². The van der Waals surface area contributed by atoms with Gasteiger partial charge in [-0.2, -0.15) is 0 Å². The van der Waals surface area contributed by atoms with Gasteiger partial charge in [0.1, 0.15) is 17.0 Å². The Balaban J connectivity index is 1.83. The molecule has 0 aliphatic heterocycles. The van der Waals surface area contributed by atoms with Crippen molar-refractivity contribution in [1.82, 2.24) is 14.7 Å². The minimum atomic E-state index is -0.514. The number of hydrogen-bond donors (Lipinski definition) is 1. The summed E-state index contributed by atoms with van der Waals surface area (Å²) in [7, 11) is 0. The number of aromatic nitrogens is 2. The Hall–Kier alpha value is -2.29. The standard InChI is InChI=1S/C16H11FIN3O2/c17-11-3-1-10(2-4-11)8-20-15(22)13-9-19-14-7-12(18)5-6-21(14)16(13)23/h1-7,9H,8H2,(H,20,22). The summed E-state index contributed by atoms with van der Waals surface area (Å²) in [6.45, 7) is 0.202. The third kappa shape index (κ3) is 3.39. The van der Waals surface area contributed by atoms with Crippen LogP contribution >= 0.6 is 22.6 Å². The lowest BCUT2D eigenvalue weighted by Crippen LogP contribution is -2.31. The van der Waals surface area contributed by atoms with E-state index in [1.54, 1.807) is 30.5 Å². The van der Waals surface area contributed by atoms with Gasteiger partial charge in [-0.15, -0.1) is 0 Å². The van der Waals surface area contributed by atoms with Gasteiger partial charge in [0.05, 0.1) is 0 Å². The molecule has 3 rings (SSSR count). The number of pyridine rings is 1. The molecule has 0 fully saturated rings. The number of nitrogens with zero attached hydrogens (tertiary/aromatic N) is 2. The van der Waals surface area contributed by atoms with Gasteiger partial charge in [0, 0.05) is 22.5 Å². The minimum Gasteiger partial charge on any atom is -0.348 e. The first-order valence-corrected chi connectivity index (χ1v) is 7.82. The largest absolute Gasteiger partial charge is 0.348 e. The summed E-state index contributed by atoms with van der Waals surface area (Å²) < 4.78 is 15.1. The number of rotatable bonds is 3. The van der Waals surface area contributed by atoms with Crippen LogP contribution in [0, 0.1) is 9.39 Å². The van der Waals surface area contributed by atoms with Crippen LogP contribution in [0.1, 0.15) is 15.9 Å². The van der Waals surface area contributed by atoms with E-state index in [1.165, 1.54) is 22.7 Å². The molecule has 5 nitrogen and oxygen atoms in total. The first-order chi connectivity index (χ1) is 11.0. The van der Waals surface area contributed by atoms with Crippen LogP contribution in [-0.2, 0) is 6.54 Å². The van der Waals surface area contributed by atoms with E-state index >= 15 is 0 Å². The molecule has 0 radical (unpaired) electrons. The summed E-state index contributed by atoms with van der Waals surface area (Å²) in [6.07, 6.45) is 2.86. The third-order valence-electron chi connectivity index (χ3n) is 3.28. The molecule has 0 unspecified atom stereocenters. The Bertz CT molecular complexity index is 938. The number of amides is 1. The molecule has 116 valence electrons. The molecule has 0 bridgehead atoms. The van der Waals surface area contributed by atoms with E-state index in [2.05, 4.69) is 32.9 Å². The van der Waals surface area contributed by atoms with Gasteiger partial charge < -0.3 is 5.32 Å². The molecule has 1 amide bonds. The Morgan fingerprint density at radius 2 is 2.00 bits per heavy atom. The van der Waals surface area contributed by atoms with Crippen molar-refractivity contribution in [3.05, 3.63) is 79.7 Å². The van der Waals surface area contributed by atoms with Crippen LogP contribution in [0.2, 0.25) is 0 Å². The first kappa shape index (κ1) is 15.6. The molecule has 0 saturated heterocycles. The van der Waals surface area contributed by atoms with Crippen molar-refractivity contribution in [3.63, 3.8) is 0 Å². The highest BCUT2D eigenvalue weighted by Crippen LogP contribution is 2.07. The van der Waals surface area contributed by atoms with E-state index in [-0.39, 0.29) is 17.9 Å². The van der Waals surface area contributed by atoms with Gasteiger partial charge in [-0.1, -0.05) is 12.1 Å². The second-order valence-electron chi connectivity index (χ2n) is 4.86. The van der Waals surface area contributed by atoms with Crippen LogP contribution in [0.25, 0.3) is 5.65 Å². The van der Waals surface area contributed by atoms with Crippen LogP contribution in [-0.4, -0.2) is 15.3 Å². The monoisotopic (exact) mass is 423 g/mol. The molecule has 0 aliphatic rings. The quantitative estimate of drug-likeness (QED) is 0.659. The maximum absolute atomic E-state index is 12.8. The second-order valence-corrected chi connectivity index (χ2v) is 6.10. The zero-order valence-corrected chi connectivity index (χ0v) is 14.0. The molecule has 7 heteroatoms. The third-order valence-corrected chi connectivity index (χ3v) is 3.95. The van der Waals surface area contributed by atoms with Crippen molar-refractivity contribution in [1.29, 1.82) is 0 Å². The molecule has 23 heavy (non-hydrogen) atoms. The van der Waals surface area contributed by atoms with Crippen molar-refractivity contribution >= 4 is 34.1 Å². The number of hydrogen-bond acceptors (Lipinski definition) is 3. The molecule has 3 aromatic rings. The summed E-state index contributed by atoms with van der Waals surface area (Å²) in [5.74, 6) is -0.855. The van der Waals surface area contributed by atoms with E-state index in [4.69, 9.17) is 0 Å². The number of carbonyl (C=O) groups is 1. The molecule has 0 saturated carbocycles. The van der Waals surface area contributed by atoms with Crippen LogP contribution in [0.4, 0.5) is 4.39 Å². The fraction of sp³-hybridized carbons (Fsp3) is 0.0625. The van der Waals surface area contributed by atoms with Crippen molar-refractivity contribution < 1.29 is 9.18 Å². The molecule has 2 aromatic heterocycles. The summed E-state index contributed by atoms with van der Waals surface area (Å²) in [4.78, 5) is 28.7. The lowest BCUT2D eigenvalue weighted by Gasteiger charge is -2.06. The molecule has 2 heterocycles. The fourth-order valence-corrected chi connectivity index (χ4v) is 2.52. The zero-order valence-electron chi connectivity index (χ0n) is 11.8. The van der Waals surface area contributed by atoms with E-state index in [1.807, 2.05) is 0 Å². The molecule has 1 N–H and O–H groups in total. The Morgan fingerprint density at radius 3 is 2.74 bits per heavy atom. The summed E-state index contributed by atoms with van der Waals surface area (Å²) in [5.41, 5.74) is 0.758. The Kier molecular flexibility index (Phi) is 4.37.